The molecule has 1 unspecified atom stereocenters. The zero-order valence-electron chi connectivity index (χ0n) is 30.7. The van der Waals surface area contributed by atoms with Crippen molar-refractivity contribution in [1.29, 1.82) is 0 Å². The van der Waals surface area contributed by atoms with Crippen molar-refractivity contribution in [2.75, 3.05) is 0 Å². The largest absolute Gasteiger partial charge is 0.548 e. The van der Waals surface area contributed by atoms with Crippen LogP contribution in [0.15, 0.2) is 60.2 Å². The lowest BCUT2D eigenvalue weighted by Gasteiger charge is -2.94. The van der Waals surface area contributed by atoms with E-state index >= 15 is 0 Å². The highest BCUT2D eigenvalue weighted by Crippen LogP contribution is 2.88. The first-order valence-electron chi connectivity index (χ1n) is 16.5. The molecule has 0 radical (unpaired) electrons. The van der Waals surface area contributed by atoms with Gasteiger partial charge in [0.25, 0.3) is 0 Å². The van der Waals surface area contributed by atoms with Gasteiger partial charge in [-0.15, -0.1) is 0 Å². The Labute approximate surface area is 264 Å². The third kappa shape index (κ3) is 3.52. The number of hydrogen-bond donors (Lipinski definition) is 0. The van der Waals surface area contributed by atoms with Crippen LogP contribution in [0.25, 0.3) is 5.76 Å². The van der Waals surface area contributed by atoms with Crippen LogP contribution in [0.3, 0.4) is 0 Å². The second kappa shape index (κ2) is 9.32. The number of fused-ring (bicyclic) bond motifs is 3. The maximum atomic E-state index is 8.53. The minimum atomic E-state index is -2.61. The monoisotopic (exact) mass is 636 g/mol. The highest BCUT2D eigenvalue weighted by Gasteiger charge is 3.05. The van der Waals surface area contributed by atoms with Crippen LogP contribution in [0.4, 0.5) is 0 Å². The van der Waals surface area contributed by atoms with Crippen LogP contribution in [0.5, 0.6) is 0 Å². The van der Waals surface area contributed by atoms with E-state index in [-0.39, 0.29) is 30.2 Å². The normalized spacial score (nSPS) is 29.4. The molecule has 1 fully saturated rings. The first-order valence-corrected chi connectivity index (χ1v) is 28.5. The molecule has 3 atom stereocenters. The molecule has 3 aliphatic rings. The summed E-state index contributed by atoms with van der Waals surface area (Å²) in [4.78, 5) is 0. The van der Waals surface area contributed by atoms with E-state index in [4.69, 9.17) is 4.43 Å². The third-order valence-corrected chi connectivity index (χ3v) is 111. The van der Waals surface area contributed by atoms with E-state index in [1.807, 2.05) is 0 Å². The van der Waals surface area contributed by atoms with Gasteiger partial charge in [0.1, 0.15) is 12.9 Å². The van der Waals surface area contributed by atoms with Crippen LogP contribution in [-0.2, 0) is 4.43 Å². The zero-order chi connectivity index (χ0) is 32.4. The lowest BCUT2D eigenvalue weighted by Crippen LogP contribution is -3.17. The number of hydrogen-bond acceptors (Lipinski definition) is 1. The molecule has 0 amide bonds. The average Bonchev–Trinajstić information content (AvgIpc) is 2.74. The van der Waals surface area contributed by atoms with Crippen molar-refractivity contribution < 1.29 is 4.43 Å². The highest BCUT2D eigenvalue weighted by molar-refractivity contribution is 8.15. The first-order chi connectivity index (χ1) is 18.7. The van der Waals surface area contributed by atoms with E-state index in [0.29, 0.717) is 5.54 Å². The van der Waals surface area contributed by atoms with E-state index in [0.717, 1.165) is 0 Å². The van der Waals surface area contributed by atoms with Gasteiger partial charge in [-0.2, -0.15) is 0 Å². The van der Waals surface area contributed by atoms with Crippen molar-refractivity contribution in [2.45, 2.75) is 160 Å². The molecule has 42 heavy (non-hydrogen) atoms. The topological polar surface area (TPSA) is 9.23 Å². The number of rotatable bonds is 1. The van der Waals surface area contributed by atoms with Crippen molar-refractivity contribution in [1.82, 2.24) is 0 Å². The van der Waals surface area contributed by atoms with Crippen LogP contribution in [-0.4, -0.2) is 28.7 Å². The van der Waals surface area contributed by atoms with Crippen molar-refractivity contribution in [2.24, 2.45) is 0 Å². The van der Waals surface area contributed by atoms with Gasteiger partial charge in [0.2, 0.25) is 7.35 Å². The molecular formula is C37H64OSi4. The predicted octanol–water partition coefficient (Wildman–Crippen LogP) is 12.3. The van der Waals surface area contributed by atoms with Crippen LogP contribution in [0.1, 0.15) is 130 Å². The maximum Gasteiger partial charge on any atom is 0.223 e. The Bertz CT molecular complexity index is 1280. The Balaban J connectivity index is 2.50. The van der Waals surface area contributed by atoms with Crippen molar-refractivity contribution in [3.8, 4) is 0 Å². The van der Waals surface area contributed by atoms with E-state index < -0.39 is 28.7 Å². The van der Waals surface area contributed by atoms with Gasteiger partial charge in [0.15, 0.2) is 0 Å². The summed E-state index contributed by atoms with van der Waals surface area (Å²) in [5.74, 6) is 1.23. The van der Waals surface area contributed by atoms with Gasteiger partial charge in [0.05, 0.1) is 14.2 Å². The Morgan fingerprint density at radius 2 is 0.976 bits per heavy atom. The summed E-state index contributed by atoms with van der Waals surface area (Å²) in [6.45, 7) is 48.4. The summed E-state index contributed by atoms with van der Waals surface area (Å²) >= 11 is 0. The fraction of sp³-hybridized carbons (Fsp3) is 0.676. The summed E-state index contributed by atoms with van der Waals surface area (Å²) < 4.78 is 8.53. The average molecular weight is 637 g/mol. The predicted molar refractivity (Wildman–Crippen MR) is 198 cm³/mol. The molecule has 0 spiro atoms. The minimum Gasteiger partial charge on any atom is -0.548 e. The molecule has 1 aromatic rings. The minimum absolute atomic E-state index is 0.104. The van der Waals surface area contributed by atoms with E-state index in [1.165, 1.54) is 16.9 Å². The zero-order valence-corrected chi connectivity index (χ0v) is 34.7. The molecule has 0 N–H and O–H groups in total. The Hall–Kier alpha value is -0.892. The van der Waals surface area contributed by atoms with E-state index in [2.05, 4.69) is 179 Å². The molecule has 0 aromatic heterocycles. The van der Waals surface area contributed by atoms with Crippen molar-refractivity contribution in [3.05, 3.63) is 65.8 Å². The van der Waals surface area contributed by atoms with Crippen molar-refractivity contribution in [3.63, 3.8) is 0 Å². The second-order valence-corrected chi connectivity index (χ2v) is 59.7. The second-order valence-electron chi connectivity index (χ2n) is 20.0. The fourth-order valence-electron chi connectivity index (χ4n) is 13.4. The van der Waals surface area contributed by atoms with Gasteiger partial charge in [0, 0.05) is 11.1 Å². The molecular weight excluding hydrogens is 573 g/mol. The molecule has 234 valence electrons. The summed E-state index contributed by atoms with van der Waals surface area (Å²) in [6.07, 6.45) is 9.90. The first kappa shape index (κ1) is 34.0. The molecule has 0 bridgehead atoms. The van der Waals surface area contributed by atoms with Gasteiger partial charge in [-0.3, -0.25) is 0 Å². The molecule has 1 saturated heterocycles. The van der Waals surface area contributed by atoms with Crippen LogP contribution < -0.4 is 0 Å². The summed E-state index contributed by atoms with van der Waals surface area (Å²) in [7, 11) is -9.60. The molecule has 4 rings (SSSR count). The van der Waals surface area contributed by atoms with Crippen LogP contribution in [0, 0.1) is 0 Å². The van der Waals surface area contributed by atoms with Gasteiger partial charge in [-0.25, -0.2) is 0 Å². The Morgan fingerprint density at radius 3 is 1.36 bits per heavy atom. The SMILES string of the molecule is CC(C)(C)[Si]1(C(C)(C)C)[Si](C(C)(C)C)(C(C)(C)C)[Si@]2(C(C)(C)C)C3C=CC=CC3=C(c3ccccc3)O[Si@]12C(C)(C)C. The standard InChI is InChI=1S/C37H64OSi4/c1-32(2,3)39-30-27-23-22-26-29(30)31(28-24-20-19-21-25-28)38-42(39,37(16,17)18)41(35(10,11)12,36(13,14)15)40(39,33(4,5)6)34(7,8)9/h19-27,30H,1-18H3/t30?,39-,42+/m1/s1. The van der Waals surface area contributed by atoms with E-state index in [1.54, 1.807) is 0 Å². The molecule has 5 heteroatoms. The molecule has 2 aliphatic heterocycles. The quantitative estimate of drug-likeness (QED) is 0.279. The van der Waals surface area contributed by atoms with Crippen molar-refractivity contribution >= 4 is 34.4 Å². The van der Waals surface area contributed by atoms with Gasteiger partial charge >= 0.3 is 0 Å². The maximum absolute atomic E-state index is 8.53. The fourth-order valence-corrected chi connectivity index (χ4v) is 184. The third-order valence-electron chi connectivity index (χ3n) is 12.0. The molecule has 2 heterocycles. The molecule has 0 saturated carbocycles. The summed E-state index contributed by atoms with van der Waals surface area (Å²) in [5.41, 5.74) is 3.27. The highest BCUT2D eigenvalue weighted by atomic mass is 30.2. The van der Waals surface area contributed by atoms with Gasteiger partial charge in [-0.1, -0.05) is 179 Å². The van der Waals surface area contributed by atoms with Crippen LogP contribution in [0.2, 0.25) is 35.8 Å². The Morgan fingerprint density at radius 1 is 0.524 bits per heavy atom. The van der Waals surface area contributed by atoms with Gasteiger partial charge in [-0.05, 0) is 35.8 Å². The van der Waals surface area contributed by atoms with Crippen LogP contribution >= 0.6 is 0 Å². The number of allylic oxidation sites excluding steroid dienone is 5. The molecule has 1 aromatic carbocycles. The molecule has 1 nitrogen and oxygen atoms in total. The summed E-state index contributed by atoms with van der Waals surface area (Å²) in [6, 6.07) is 11.2. The molecule has 1 aliphatic carbocycles. The lowest BCUT2D eigenvalue weighted by atomic mass is 10.0. The summed E-state index contributed by atoms with van der Waals surface area (Å²) in [5, 5.41) is 1.19. The lowest BCUT2D eigenvalue weighted by molar-refractivity contribution is 0.448. The smallest absolute Gasteiger partial charge is 0.223 e. The van der Waals surface area contributed by atoms with Gasteiger partial charge < -0.3 is 4.43 Å². The number of benzene rings is 1. The Kier molecular flexibility index (Phi) is 7.55. The van der Waals surface area contributed by atoms with E-state index in [9.17, 15) is 0 Å².